The molecule has 0 unspecified atom stereocenters. The molecule has 0 saturated heterocycles. The van der Waals surface area contributed by atoms with E-state index in [-0.39, 0.29) is 20.2 Å². The molecule has 10 rings (SSSR count). The summed E-state index contributed by atoms with van der Waals surface area (Å²) < 4.78 is 27.7. The van der Waals surface area contributed by atoms with E-state index in [1.807, 2.05) is 97.1 Å². The van der Waals surface area contributed by atoms with Crippen LogP contribution >= 0.6 is 0 Å². The van der Waals surface area contributed by atoms with Gasteiger partial charge in [0.15, 0.2) is 33.3 Å². The van der Waals surface area contributed by atoms with Crippen LogP contribution in [0.3, 0.4) is 0 Å². The normalized spacial score (nSPS) is 12.7. The third-order valence-electron chi connectivity index (χ3n) is 18.0. The van der Waals surface area contributed by atoms with Gasteiger partial charge < -0.3 is 17.7 Å². The van der Waals surface area contributed by atoms with Gasteiger partial charge in [-0.1, -0.05) is 178 Å². The fourth-order valence-corrected chi connectivity index (χ4v) is 11.7. The summed E-state index contributed by atoms with van der Waals surface area (Å²) in [6.07, 6.45) is 0. The number of hydrogen-bond donors (Lipinski definition) is 0. The van der Waals surface area contributed by atoms with E-state index >= 15 is 0 Å². The standard InChI is InChI=1S/C80H88O4Si4/c1-77(2,3)85(13,14)81-57-73-53-70-46-42-66-38-26-34-62(50-66)30-23-24-32-64-36-28-40-68(52-64)44-48-72-56-75(59-83-87(17,18)79(7,8)9)71(55-76(72)60-84-88(19,20)80(10,11)12)47-43-67-39-27-35-63(51-67)31-22-21-29-61-33-25-37-65(49-61)41-45-69(73)54-74(70)58-82-86(15,16)78(4,5)6/h25-28,33-40,49-56H,57-60H2,1-20H3. The molecule has 4 aliphatic rings. The molecule has 6 aromatic rings. The average molecular weight is 1230 g/mol. The summed E-state index contributed by atoms with van der Waals surface area (Å²) in [5, 5.41) is 0.0563. The Labute approximate surface area is 534 Å². The summed E-state index contributed by atoms with van der Waals surface area (Å²) in [6.45, 7) is 47.0. The first-order valence-electron chi connectivity index (χ1n) is 30.5. The van der Waals surface area contributed by atoms with Gasteiger partial charge in [0.25, 0.3) is 0 Å². The molecule has 0 spiro atoms. The SMILES string of the molecule is CC(C)(C)[Si](C)(C)OCc1cc2c(CO[Si](C)(C)C(C)(C)C)cc1C#Cc1cccc(c1)C#CC#Cc1cccc(c1)C#Cc1cc(CO[Si](C)(C)C(C)(C)C)c(cc1CO[Si](C)(C)C(C)(C)C)C#Cc1cccc(c1)C#CC#Cc1cccc(c1)C#C2. The summed E-state index contributed by atoms with van der Waals surface area (Å²) in [4.78, 5) is 0. The van der Waals surface area contributed by atoms with Gasteiger partial charge in [-0.05, 0) is 216 Å². The fourth-order valence-electron chi connectivity index (χ4n) is 7.89. The molecule has 0 amide bonds. The summed E-state index contributed by atoms with van der Waals surface area (Å²) in [5.74, 6) is 53.7. The fraction of sp³-hybridized carbons (Fsp3) is 0.350. The van der Waals surface area contributed by atoms with Crippen LogP contribution in [-0.2, 0) is 44.1 Å². The van der Waals surface area contributed by atoms with Crippen molar-refractivity contribution in [3.05, 3.63) is 210 Å². The number of benzene rings is 6. The van der Waals surface area contributed by atoms with E-state index in [0.29, 0.717) is 26.4 Å². The molecule has 0 fully saturated rings. The molecule has 0 saturated carbocycles. The van der Waals surface area contributed by atoms with Crippen molar-refractivity contribution < 1.29 is 17.7 Å². The molecule has 4 aliphatic carbocycles. The molecule has 0 aromatic heterocycles. The number of rotatable bonds is 12. The molecule has 0 atom stereocenters. The highest BCUT2D eigenvalue weighted by Crippen LogP contribution is 2.41. The smallest absolute Gasteiger partial charge is 0.192 e. The maximum absolute atomic E-state index is 6.92. The van der Waals surface area contributed by atoms with E-state index < -0.39 is 33.3 Å². The predicted molar refractivity (Wildman–Crippen MR) is 378 cm³/mol. The Bertz CT molecular complexity index is 3600. The van der Waals surface area contributed by atoms with Gasteiger partial charge in [0.1, 0.15) is 0 Å². The van der Waals surface area contributed by atoms with Crippen molar-refractivity contribution >= 4 is 33.3 Å². The van der Waals surface area contributed by atoms with Crippen molar-refractivity contribution in [2.75, 3.05) is 0 Å². The Kier molecular flexibility index (Phi) is 21.6. The van der Waals surface area contributed by atoms with Gasteiger partial charge in [-0.2, -0.15) is 0 Å². The molecule has 0 radical (unpaired) electrons. The predicted octanol–water partition coefficient (Wildman–Crippen LogP) is 18.5. The lowest BCUT2D eigenvalue weighted by Gasteiger charge is -2.36. The first-order valence-corrected chi connectivity index (χ1v) is 42.1. The molecule has 88 heavy (non-hydrogen) atoms. The Hall–Kier alpha value is -7.49. The minimum atomic E-state index is -2.16. The maximum atomic E-state index is 6.92. The average Bonchev–Trinajstić information content (AvgIpc) is 3.27. The van der Waals surface area contributed by atoms with Crippen molar-refractivity contribution in [2.45, 2.75) is 182 Å². The summed E-state index contributed by atoms with van der Waals surface area (Å²) >= 11 is 0. The Morgan fingerprint density at radius 2 is 0.420 bits per heavy atom. The lowest BCUT2D eigenvalue weighted by Crippen LogP contribution is -2.40. The third-order valence-corrected chi connectivity index (χ3v) is 35.9. The highest BCUT2D eigenvalue weighted by atomic mass is 28.4. The van der Waals surface area contributed by atoms with E-state index in [1.165, 1.54) is 0 Å². The van der Waals surface area contributed by atoms with Crippen LogP contribution in [0.5, 0.6) is 0 Å². The van der Waals surface area contributed by atoms with Gasteiger partial charge in [-0.25, -0.2) is 0 Å². The van der Waals surface area contributed by atoms with Gasteiger partial charge in [-0.3, -0.25) is 0 Å². The first kappa shape index (κ1) is 68.0. The van der Waals surface area contributed by atoms with Gasteiger partial charge in [0, 0.05) is 66.8 Å². The highest BCUT2D eigenvalue weighted by Gasteiger charge is 2.40. The van der Waals surface area contributed by atoms with Crippen LogP contribution in [0.25, 0.3) is 0 Å². The van der Waals surface area contributed by atoms with E-state index in [4.69, 9.17) is 17.7 Å². The Morgan fingerprint density at radius 3 is 0.591 bits per heavy atom. The summed E-state index contributed by atoms with van der Waals surface area (Å²) in [5.41, 5.74) is 14.0. The molecule has 12 bridgehead atoms. The van der Waals surface area contributed by atoms with Crippen molar-refractivity contribution in [3.63, 3.8) is 0 Å². The maximum Gasteiger partial charge on any atom is 0.192 e. The second-order valence-corrected chi connectivity index (χ2v) is 48.1. The molecule has 0 aliphatic heterocycles. The van der Waals surface area contributed by atoms with Crippen LogP contribution in [-0.4, -0.2) is 33.3 Å². The molecule has 0 N–H and O–H groups in total. The topological polar surface area (TPSA) is 36.9 Å². The summed E-state index contributed by atoms with van der Waals surface area (Å²) in [7, 11) is -8.66. The van der Waals surface area contributed by atoms with E-state index in [2.05, 4.69) is 254 Å². The zero-order valence-electron chi connectivity index (χ0n) is 56.0. The quantitative estimate of drug-likeness (QED) is 0.0904. The third kappa shape index (κ3) is 18.8. The largest absolute Gasteiger partial charge is 0.413 e. The van der Waals surface area contributed by atoms with Gasteiger partial charge in [0.2, 0.25) is 0 Å². The van der Waals surface area contributed by atoms with Crippen LogP contribution in [0.2, 0.25) is 72.5 Å². The van der Waals surface area contributed by atoms with Crippen molar-refractivity contribution in [1.29, 1.82) is 0 Å². The second kappa shape index (κ2) is 27.9. The van der Waals surface area contributed by atoms with Crippen LogP contribution in [0.4, 0.5) is 0 Å². The van der Waals surface area contributed by atoms with E-state index in [0.717, 1.165) is 89.0 Å². The van der Waals surface area contributed by atoms with Gasteiger partial charge in [0.05, 0.1) is 26.4 Å². The van der Waals surface area contributed by atoms with E-state index in [9.17, 15) is 0 Å². The molecule has 8 heteroatoms. The molecule has 448 valence electrons. The molecule has 6 aromatic carbocycles. The summed E-state index contributed by atoms with van der Waals surface area (Å²) in [6, 6.07) is 40.6. The minimum Gasteiger partial charge on any atom is -0.413 e. The lowest BCUT2D eigenvalue weighted by atomic mass is 9.98. The van der Waals surface area contributed by atoms with Gasteiger partial charge >= 0.3 is 0 Å². The van der Waals surface area contributed by atoms with Crippen LogP contribution in [0, 0.1) is 94.7 Å². The zero-order chi connectivity index (χ0) is 64.4. The van der Waals surface area contributed by atoms with Crippen LogP contribution in [0.1, 0.15) is 172 Å². The number of hydrogen-bond acceptors (Lipinski definition) is 4. The Morgan fingerprint density at radius 1 is 0.250 bits per heavy atom. The van der Waals surface area contributed by atoms with Crippen LogP contribution in [0.15, 0.2) is 121 Å². The van der Waals surface area contributed by atoms with Crippen molar-refractivity contribution in [3.8, 4) is 94.7 Å². The van der Waals surface area contributed by atoms with Crippen molar-refractivity contribution in [2.24, 2.45) is 0 Å². The van der Waals surface area contributed by atoms with Crippen LogP contribution < -0.4 is 0 Å². The minimum absolute atomic E-state index is 0.0141. The molecule has 4 nitrogen and oxygen atoms in total. The Balaban J connectivity index is 1.39. The molecular weight excluding hydrogens is 1140 g/mol. The molecular formula is C80H88O4Si4. The van der Waals surface area contributed by atoms with E-state index in [1.54, 1.807) is 0 Å². The molecule has 0 heterocycles. The zero-order valence-corrected chi connectivity index (χ0v) is 60.0. The van der Waals surface area contributed by atoms with Gasteiger partial charge in [-0.15, -0.1) is 0 Å². The van der Waals surface area contributed by atoms with Crippen molar-refractivity contribution in [1.82, 2.24) is 0 Å². The monoisotopic (exact) mass is 1220 g/mol. The second-order valence-electron chi connectivity index (χ2n) is 28.9. The first-order chi connectivity index (χ1) is 41.1. The highest BCUT2D eigenvalue weighted by molar-refractivity contribution is 6.75. The lowest BCUT2D eigenvalue weighted by molar-refractivity contribution is 0.272.